The van der Waals surface area contributed by atoms with Gasteiger partial charge in [-0.15, -0.1) is 0 Å². The van der Waals surface area contributed by atoms with Crippen molar-refractivity contribution in [2.75, 3.05) is 6.61 Å². The third-order valence-electron chi connectivity index (χ3n) is 3.88. The molecule has 6 nitrogen and oxygen atoms in total. The maximum absolute atomic E-state index is 12.9. The van der Waals surface area contributed by atoms with E-state index in [1.165, 1.54) is 11.8 Å². The van der Waals surface area contributed by atoms with Crippen molar-refractivity contribution in [3.8, 4) is 0 Å². The Morgan fingerprint density at radius 1 is 1.17 bits per heavy atom. The number of nitrogens with zero attached hydrogens (tertiary/aromatic N) is 1. The summed E-state index contributed by atoms with van der Waals surface area (Å²) >= 11 is 0. The number of carbonyl (C=O) groups is 3. The highest BCUT2D eigenvalue weighted by molar-refractivity contribution is 6.06. The first-order valence-electron chi connectivity index (χ1n) is 7.82. The first kappa shape index (κ1) is 18.9. The fraction of sp³-hybridized carbons (Fsp3) is 0.588. The van der Waals surface area contributed by atoms with Crippen LogP contribution in [0.25, 0.3) is 0 Å². The van der Waals surface area contributed by atoms with E-state index in [1.807, 2.05) is 13.8 Å². The Labute approximate surface area is 137 Å². The van der Waals surface area contributed by atoms with Gasteiger partial charge in [0.15, 0.2) is 5.78 Å². The van der Waals surface area contributed by atoms with Crippen LogP contribution in [0.2, 0.25) is 0 Å². The van der Waals surface area contributed by atoms with Crippen molar-refractivity contribution in [1.29, 1.82) is 0 Å². The van der Waals surface area contributed by atoms with Crippen molar-refractivity contribution in [2.24, 2.45) is 0 Å². The summed E-state index contributed by atoms with van der Waals surface area (Å²) < 4.78 is 5.00. The van der Waals surface area contributed by atoms with Gasteiger partial charge < -0.3 is 14.6 Å². The van der Waals surface area contributed by atoms with Gasteiger partial charge in [0.05, 0.1) is 12.6 Å². The summed E-state index contributed by atoms with van der Waals surface area (Å²) in [5.74, 6) is -0.819. The van der Waals surface area contributed by atoms with Gasteiger partial charge in [-0.25, -0.2) is 4.79 Å². The smallest absolute Gasteiger partial charge is 0.355 e. The number of amides is 1. The predicted molar refractivity (Wildman–Crippen MR) is 87.7 cm³/mol. The highest BCUT2D eigenvalue weighted by atomic mass is 16.5. The molecule has 1 rings (SSSR count). The molecule has 0 fully saturated rings. The van der Waals surface area contributed by atoms with Crippen molar-refractivity contribution in [2.45, 2.75) is 60.5 Å². The summed E-state index contributed by atoms with van der Waals surface area (Å²) in [5, 5.41) is 0. The molecule has 0 saturated carbocycles. The largest absolute Gasteiger partial charge is 0.461 e. The molecule has 1 amide bonds. The summed E-state index contributed by atoms with van der Waals surface area (Å²) in [6.45, 7) is 12.3. The van der Waals surface area contributed by atoms with E-state index < -0.39 is 12.0 Å². The van der Waals surface area contributed by atoms with E-state index in [9.17, 15) is 14.4 Å². The second kappa shape index (κ2) is 7.44. The van der Waals surface area contributed by atoms with Crippen LogP contribution in [0.3, 0.4) is 0 Å². The van der Waals surface area contributed by atoms with Crippen LogP contribution in [-0.4, -0.2) is 46.2 Å². The van der Waals surface area contributed by atoms with Crippen molar-refractivity contribution in [3.63, 3.8) is 0 Å². The minimum absolute atomic E-state index is 0.0875. The second-order valence-electron chi connectivity index (χ2n) is 5.91. The molecule has 1 heterocycles. The van der Waals surface area contributed by atoms with E-state index in [1.54, 1.807) is 27.7 Å². The molecule has 0 aromatic carbocycles. The number of ketones is 1. The van der Waals surface area contributed by atoms with Crippen molar-refractivity contribution < 1.29 is 19.1 Å². The van der Waals surface area contributed by atoms with Gasteiger partial charge in [-0.05, 0) is 47.1 Å². The summed E-state index contributed by atoms with van der Waals surface area (Å²) in [6, 6.07) is -0.689. The lowest BCUT2D eigenvalue weighted by atomic mass is 9.99. The molecule has 128 valence electrons. The highest BCUT2D eigenvalue weighted by Crippen LogP contribution is 2.22. The lowest BCUT2D eigenvalue weighted by Crippen LogP contribution is -2.46. The Hall–Kier alpha value is -2.11. The van der Waals surface area contributed by atoms with Crippen LogP contribution < -0.4 is 0 Å². The van der Waals surface area contributed by atoms with Gasteiger partial charge in [0, 0.05) is 24.2 Å². The first-order chi connectivity index (χ1) is 10.6. The molecule has 0 bridgehead atoms. The van der Waals surface area contributed by atoms with Crippen LogP contribution in [0.1, 0.15) is 66.7 Å². The van der Waals surface area contributed by atoms with Crippen LogP contribution in [0.5, 0.6) is 0 Å². The topological polar surface area (TPSA) is 79.5 Å². The fourth-order valence-electron chi connectivity index (χ4n) is 2.95. The molecule has 0 radical (unpaired) electrons. The van der Waals surface area contributed by atoms with Gasteiger partial charge in [-0.2, -0.15) is 0 Å². The van der Waals surface area contributed by atoms with E-state index in [0.29, 0.717) is 22.5 Å². The molecular formula is C17H26N2O4. The lowest BCUT2D eigenvalue weighted by Gasteiger charge is -2.31. The quantitative estimate of drug-likeness (QED) is 0.645. The zero-order valence-corrected chi connectivity index (χ0v) is 14.9. The molecule has 0 saturated heterocycles. The number of nitrogens with one attached hydrogen (secondary N) is 1. The SMILES string of the molecule is CCOC(=O)c1[nH]c(C)c(C(=O)C(C)N(C(C)=O)C(C)C)c1C. The number of rotatable bonds is 6. The van der Waals surface area contributed by atoms with Crippen LogP contribution in [0.15, 0.2) is 0 Å². The molecule has 0 spiro atoms. The summed E-state index contributed by atoms with van der Waals surface area (Å²) in [4.78, 5) is 41.1. The molecule has 23 heavy (non-hydrogen) atoms. The Morgan fingerprint density at radius 3 is 2.17 bits per heavy atom. The van der Waals surface area contributed by atoms with Crippen molar-refractivity contribution >= 4 is 17.7 Å². The molecule has 6 heteroatoms. The molecule has 1 aromatic rings. The second-order valence-corrected chi connectivity index (χ2v) is 5.91. The van der Waals surface area contributed by atoms with Crippen LogP contribution in [0.4, 0.5) is 0 Å². The molecule has 0 aliphatic rings. The Kier molecular flexibility index (Phi) is 6.12. The van der Waals surface area contributed by atoms with Crippen LogP contribution >= 0.6 is 0 Å². The Morgan fingerprint density at radius 2 is 1.74 bits per heavy atom. The zero-order valence-electron chi connectivity index (χ0n) is 14.9. The van der Waals surface area contributed by atoms with E-state index in [-0.39, 0.29) is 24.3 Å². The van der Waals surface area contributed by atoms with Gasteiger partial charge in [0.25, 0.3) is 0 Å². The number of Topliss-reactive ketones (excluding diaryl/α,β-unsaturated/α-hetero) is 1. The summed E-state index contributed by atoms with van der Waals surface area (Å²) in [6.07, 6.45) is 0. The van der Waals surface area contributed by atoms with E-state index in [0.717, 1.165) is 0 Å². The van der Waals surface area contributed by atoms with Crippen molar-refractivity contribution in [1.82, 2.24) is 9.88 Å². The average molecular weight is 322 g/mol. The average Bonchev–Trinajstić information content (AvgIpc) is 2.72. The first-order valence-corrected chi connectivity index (χ1v) is 7.82. The third-order valence-corrected chi connectivity index (χ3v) is 3.88. The zero-order chi connectivity index (χ0) is 17.9. The maximum atomic E-state index is 12.9. The monoisotopic (exact) mass is 322 g/mol. The third kappa shape index (κ3) is 3.81. The van der Waals surface area contributed by atoms with Gasteiger partial charge in [0.2, 0.25) is 5.91 Å². The number of hydrogen-bond donors (Lipinski definition) is 1. The number of aryl methyl sites for hydroxylation is 1. The highest BCUT2D eigenvalue weighted by Gasteiger charge is 2.31. The number of aromatic amines is 1. The van der Waals surface area contributed by atoms with Crippen LogP contribution in [-0.2, 0) is 9.53 Å². The molecule has 1 unspecified atom stereocenters. The predicted octanol–water partition coefficient (Wildman–Crippen LogP) is 2.64. The normalized spacial score (nSPS) is 12.2. The Bertz CT molecular complexity index is 616. The fourth-order valence-corrected chi connectivity index (χ4v) is 2.95. The number of aromatic nitrogens is 1. The molecule has 0 aliphatic heterocycles. The van der Waals surface area contributed by atoms with Gasteiger partial charge in [-0.1, -0.05) is 0 Å². The standard InChI is InChI=1S/C17H26N2O4/c1-8-23-17(22)15-10(4)14(11(5)18-15)16(21)12(6)19(9(2)3)13(7)20/h9,12,18H,8H2,1-7H3. The molecule has 1 aromatic heterocycles. The van der Waals surface area contributed by atoms with E-state index in [4.69, 9.17) is 4.74 Å². The van der Waals surface area contributed by atoms with E-state index in [2.05, 4.69) is 4.98 Å². The summed E-state index contributed by atoms with van der Waals surface area (Å²) in [5.41, 5.74) is 1.91. The Balaban J connectivity index is 3.23. The lowest BCUT2D eigenvalue weighted by molar-refractivity contribution is -0.131. The van der Waals surface area contributed by atoms with Gasteiger partial charge >= 0.3 is 5.97 Å². The number of carbonyl (C=O) groups excluding carboxylic acids is 3. The minimum atomic E-state index is -0.601. The molecular weight excluding hydrogens is 296 g/mol. The number of hydrogen-bond acceptors (Lipinski definition) is 4. The number of H-pyrrole nitrogens is 1. The molecule has 1 N–H and O–H groups in total. The molecule has 0 aliphatic carbocycles. The van der Waals surface area contributed by atoms with Gasteiger partial charge in [0.1, 0.15) is 5.69 Å². The summed E-state index contributed by atoms with van der Waals surface area (Å²) in [7, 11) is 0. The van der Waals surface area contributed by atoms with E-state index >= 15 is 0 Å². The van der Waals surface area contributed by atoms with Crippen molar-refractivity contribution in [3.05, 3.63) is 22.5 Å². The molecule has 1 atom stereocenters. The van der Waals surface area contributed by atoms with Crippen LogP contribution in [0, 0.1) is 13.8 Å². The van der Waals surface area contributed by atoms with Gasteiger partial charge in [-0.3, -0.25) is 9.59 Å². The number of ether oxygens (including phenoxy) is 1. The minimum Gasteiger partial charge on any atom is -0.461 e. The number of esters is 1. The maximum Gasteiger partial charge on any atom is 0.355 e.